The third kappa shape index (κ3) is 4.01. The van der Waals surface area contributed by atoms with Crippen molar-refractivity contribution in [2.75, 3.05) is 0 Å². The standard InChI is InChI=1S/C14H10Br2FNOS/c15-10-1-2-13(12(16)6-10)19-7-8-3-9(14(18)20)5-11(17)4-8/h1-6H,7H2,(H2,18,20). The molecule has 2 aromatic rings. The van der Waals surface area contributed by atoms with Crippen LogP contribution in [0, 0.1) is 5.82 Å². The van der Waals surface area contributed by atoms with E-state index in [0.717, 1.165) is 8.95 Å². The third-order valence-corrected chi connectivity index (χ3v) is 3.88. The van der Waals surface area contributed by atoms with Gasteiger partial charge in [-0.3, -0.25) is 0 Å². The summed E-state index contributed by atoms with van der Waals surface area (Å²) in [6.45, 7) is 0.230. The largest absolute Gasteiger partial charge is 0.488 e. The lowest BCUT2D eigenvalue weighted by Gasteiger charge is -2.10. The summed E-state index contributed by atoms with van der Waals surface area (Å²) in [5.41, 5.74) is 6.67. The molecule has 0 aliphatic rings. The Kier molecular flexibility index (Phi) is 5.12. The Morgan fingerprint density at radius 2 is 1.95 bits per heavy atom. The fourth-order valence-corrected chi connectivity index (χ4v) is 2.91. The molecule has 2 rings (SSSR count). The maximum absolute atomic E-state index is 13.5. The highest BCUT2D eigenvalue weighted by atomic mass is 79.9. The first-order valence-corrected chi connectivity index (χ1v) is 7.62. The lowest BCUT2D eigenvalue weighted by Crippen LogP contribution is -2.10. The highest BCUT2D eigenvalue weighted by molar-refractivity contribution is 9.11. The fourth-order valence-electron chi connectivity index (χ4n) is 1.63. The first-order valence-electron chi connectivity index (χ1n) is 5.63. The van der Waals surface area contributed by atoms with Gasteiger partial charge in [0.25, 0.3) is 0 Å². The molecule has 0 radical (unpaired) electrons. The van der Waals surface area contributed by atoms with Gasteiger partial charge < -0.3 is 10.5 Å². The SMILES string of the molecule is NC(=S)c1cc(F)cc(COc2ccc(Br)cc2Br)c1. The topological polar surface area (TPSA) is 35.2 Å². The van der Waals surface area contributed by atoms with Gasteiger partial charge in [-0.05, 0) is 57.9 Å². The molecule has 0 atom stereocenters. The van der Waals surface area contributed by atoms with Crippen LogP contribution < -0.4 is 10.5 Å². The summed E-state index contributed by atoms with van der Waals surface area (Å²) in [4.78, 5) is 0.163. The molecule has 6 heteroatoms. The zero-order chi connectivity index (χ0) is 14.7. The number of thiocarbonyl (C=S) groups is 1. The molecular weight excluding hydrogens is 409 g/mol. The van der Waals surface area contributed by atoms with E-state index in [0.29, 0.717) is 16.9 Å². The Morgan fingerprint density at radius 1 is 1.20 bits per heavy atom. The van der Waals surface area contributed by atoms with Gasteiger partial charge in [-0.1, -0.05) is 28.1 Å². The van der Waals surface area contributed by atoms with Crippen molar-refractivity contribution in [3.8, 4) is 5.75 Å². The van der Waals surface area contributed by atoms with Gasteiger partial charge in [0.05, 0.1) is 4.47 Å². The molecule has 0 saturated heterocycles. The van der Waals surface area contributed by atoms with Crippen LogP contribution in [0.2, 0.25) is 0 Å². The molecule has 0 saturated carbocycles. The molecule has 2 nitrogen and oxygen atoms in total. The molecule has 2 N–H and O–H groups in total. The summed E-state index contributed by atoms with van der Waals surface area (Å²) in [7, 11) is 0. The van der Waals surface area contributed by atoms with Crippen LogP contribution in [0.15, 0.2) is 45.3 Å². The second-order valence-electron chi connectivity index (χ2n) is 4.08. The second kappa shape index (κ2) is 6.65. The minimum absolute atomic E-state index is 0.163. The van der Waals surface area contributed by atoms with Crippen LogP contribution in [0.25, 0.3) is 0 Å². The van der Waals surface area contributed by atoms with Crippen molar-refractivity contribution in [2.24, 2.45) is 5.73 Å². The van der Waals surface area contributed by atoms with Crippen molar-refractivity contribution < 1.29 is 9.13 Å². The molecule has 0 heterocycles. The fraction of sp³-hybridized carbons (Fsp3) is 0.0714. The van der Waals surface area contributed by atoms with Gasteiger partial charge in [-0.25, -0.2) is 4.39 Å². The van der Waals surface area contributed by atoms with E-state index in [1.54, 1.807) is 6.07 Å². The maximum atomic E-state index is 13.5. The van der Waals surface area contributed by atoms with Crippen molar-refractivity contribution in [2.45, 2.75) is 6.61 Å². The Bertz CT molecular complexity index is 664. The molecule has 104 valence electrons. The Hall–Kier alpha value is -0.980. The van der Waals surface area contributed by atoms with Crippen LogP contribution in [0.1, 0.15) is 11.1 Å². The number of halogens is 3. The molecule has 0 amide bonds. The Labute approximate surface area is 138 Å². The monoisotopic (exact) mass is 417 g/mol. The van der Waals surface area contributed by atoms with Crippen molar-refractivity contribution in [3.63, 3.8) is 0 Å². The van der Waals surface area contributed by atoms with Crippen molar-refractivity contribution in [1.82, 2.24) is 0 Å². The maximum Gasteiger partial charge on any atom is 0.134 e. The van der Waals surface area contributed by atoms with Crippen molar-refractivity contribution in [1.29, 1.82) is 0 Å². The lowest BCUT2D eigenvalue weighted by molar-refractivity contribution is 0.303. The molecule has 0 aromatic heterocycles. The minimum Gasteiger partial charge on any atom is -0.488 e. The van der Waals surface area contributed by atoms with Gasteiger partial charge in [0.2, 0.25) is 0 Å². The van der Waals surface area contributed by atoms with Gasteiger partial charge in [-0.15, -0.1) is 0 Å². The molecule has 20 heavy (non-hydrogen) atoms. The van der Waals surface area contributed by atoms with Gasteiger partial charge in [0, 0.05) is 10.0 Å². The smallest absolute Gasteiger partial charge is 0.134 e. The first-order chi connectivity index (χ1) is 9.45. The number of nitrogens with two attached hydrogens (primary N) is 1. The first kappa shape index (κ1) is 15.4. The number of hydrogen-bond donors (Lipinski definition) is 1. The van der Waals surface area contributed by atoms with E-state index in [2.05, 4.69) is 31.9 Å². The van der Waals surface area contributed by atoms with Crippen LogP contribution >= 0.6 is 44.1 Å². The molecule has 0 aliphatic carbocycles. The van der Waals surface area contributed by atoms with E-state index in [1.165, 1.54) is 12.1 Å². The van der Waals surface area contributed by atoms with Crippen LogP contribution in [0.4, 0.5) is 4.39 Å². The van der Waals surface area contributed by atoms with E-state index in [9.17, 15) is 4.39 Å². The van der Waals surface area contributed by atoms with Gasteiger partial charge in [0.1, 0.15) is 23.2 Å². The van der Waals surface area contributed by atoms with Gasteiger partial charge >= 0.3 is 0 Å². The van der Waals surface area contributed by atoms with E-state index >= 15 is 0 Å². The summed E-state index contributed by atoms with van der Waals surface area (Å²) in [6, 6.07) is 9.99. The predicted octanol–water partition coefficient (Wildman–Crippen LogP) is 4.56. The van der Waals surface area contributed by atoms with Crippen LogP contribution in [-0.2, 0) is 6.61 Å². The summed E-state index contributed by atoms with van der Waals surface area (Å²) in [5, 5.41) is 0. The molecular formula is C14H10Br2FNOS. The molecule has 0 fully saturated rings. The molecule has 0 unspecified atom stereocenters. The summed E-state index contributed by atoms with van der Waals surface area (Å²) >= 11 is 11.6. The third-order valence-electron chi connectivity index (χ3n) is 2.53. The highest BCUT2D eigenvalue weighted by Gasteiger charge is 2.06. The summed E-state index contributed by atoms with van der Waals surface area (Å²) < 4.78 is 20.9. The highest BCUT2D eigenvalue weighted by Crippen LogP contribution is 2.28. The van der Waals surface area contributed by atoms with Crippen LogP contribution in [0.5, 0.6) is 5.75 Å². The van der Waals surface area contributed by atoms with Gasteiger partial charge in [-0.2, -0.15) is 0 Å². The second-order valence-corrected chi connectivity index (χ2v) is 6.29. The van der Waals surface area contributed by atoms with Crippen LogP contribution in [-0.4, -0.2) is 4.99 Å². The minimum atomic E-state index is -0.385. The van der Waals surface area contributed by atoms with Crippen LogP contribution in [0.3, 0.4) is 0 Å². The van der Waals surface area contributed by atoms with Crippen molar-refractivity contribution >= 4 is 49.1 Å². The Morgan fingerprint density at radius 3 is 2.60 bits per heavy atom. The quantitative estimate of drug-likeness (QED) is 0.739. The molecule has 0 spiro atoms. The summed E-state index contributed by atoms with van der Waals surface area (Å²) in [5.74, 6) is 0.290. The Balaban J connectivity index is 2.16. The lowest BCUT2D eigenvalue weighted by atomic mass is 10.1. The predicted molar refractivity (Wildman–Crippen MR) is 88.5 cm³/mol. The molecule has 0 bridgehead atoms. The average Bonchev–Trinajstić information content (AvgIpc) is 2.37. The van der Waals surface area contributed by atoms with E-state index < -0.39 is 0 Å². The number of rotatable bonds is 4. The molecule has 0 aliphatic heterocycles. The van der Waals surface area contributed by atoms with E-state index in [1.807, 2.05) is 18.2 Å². The molecule has 2 aromatic carbocycles. The number of hydrogen-bond acceptors (Lipinski definition) is 2. The number of ether oxygens (including phenoxy) is 1. The zero-order valence-electron chi connectivity index (χ0n) is 10.2. The van der Waals surface area contributed by atoms with Gasteiger partial charge in [0.15, 0.2) is 0 Å². The van der Waals surface area contributed by atoms with Crippen molar-refractivity contribution in [3.05, 3.63) is 62.3 Å². The average molecular weight is 419 g/mol. The normalized spacial score (nSPS) is 10.3. The number of benzene rings is 2. The van der Waals surface area contributed by atoms with E-state index in [-0.39, 0.29) is 17.4 Å². The summed E-state index contributed by atoms with van der Waals surface area (Å²) in [6.07, 6.45) is 0. The van der Waals surface area contributed by atoms with E-state index in [4.69, 9.17) is 22.7 Å². The zero-order valence-corrected chi connectivity index (χ0v) is 14.2.